The van der Waals surface area contributed by atoms with E-state index in [0.717, 1.165) is 11.9 Å². The summed E-state index contributed by atoms with van der Waals surface area (Å²) < 4.78 is 26.5. The summed E-state index contributed by atoms with van der Waals surface area (Å²) in [6.07, 6.45) is 2.79. The fraction of sp³-hybridized carbons (Fsp3) is 0.261. The minimum atomic E-state index is -0.714. The lowest BCUT2D eigenvalue weighted by Crippen LogP contribution is -2.27. The van der Waals surface area contributed by atoms with Crippen molar-refractivity contribution >= 4 is 23.4 Å². The summed E-state index contributed by atoms with van der Waals surface area (Å²) in [5, 5.41) is 5.14. The molecule has 8 nitrogen and oxygen atoms in total. The molecule has 2 amide bonds. The maximum Gasteiger partial charge on any atom is 0.412 e. The molecule has 9 heteroatoms. The number of carbonyl (C=O) groups excluding carboxylic acids is 2. The Morgan fingerprint density at radius 1 is 1.06 bits per heavy atom. The third-order valence-corrected chi connectivity index (χ3v) is 4.27. The molecule has 3 rings (SSSR count). The van der Waals surface area contributed by atoms with Crippen LogP contribution < -0.4 is 15.4 Å². The number of benzene rings is 2. The first-order valence-corrected chi connectivity index (χ1v) is 9.91. The summed E-state index contributed by atoms with van der Waals surface area (Å²) in [6, 6.07) is 10.1. The minimum Gasteiger partial charge on any atom is -0.486 e. The molecule has 1 heterocycles. The van der Waals surface area contributed by atoms with Crippen LogP contribution in [-0.4, -0.2) is 27.2 Å². The molecule has 3 aromatic rings. The Kier molecular flexibility index (Phi) is 6.77. The van der Waals surface area contributed by atoms with Gasteiger partial charge in [0, 0.05) is 25.0 Å². The zero-order valence-electron chi connectivity index (χ0n) is 18.3. The molecule has 0 aliphatic heterocycles. The van der Waals surface area contributed by atoms with E-state index in [4.69, 9.17) is 9.47 Å². The number of hydrogen-bond donors (Lipinski definition) is 2. The highest BCUT2D eigenvalue weighted by molar-refractivity contribution is 6.06. The van der Waals surface area contributed by atoms with Gasteiger partial charge in [-0.2, -0.15) is 0 Å². The molecule has 2 N–H and O–H groups in total. The number of aryl methyl sites for hydroxylation is 1. The number of halogens is 1. The Balaban J connectivity index is 1.66. The molecule has 0 unspecified atom stereocenters. The highest BCUT2D eigenvalue weighted by Gasteiger charge is 2.18. The minimum absolute atomic E-state index is 0.107. The number of carbonyl (C=O) groups is 2. The van der Waals surface area contributed by atoms with Gasteiger partial charge in [-0.15, -0.1) is 0 Å². The van der Waals surface area contributed by atoms with Crippen LogP contribution in [0.5, 0.6) is 5.75 Å². The topological polar surface area (TPSA) is 94.5 Å². The summed E-state index contributed by atoms with van der Waals surface area (Å²) in [4.78, 5) is 28.9. The van der Waals surface area contributed by atoms with Gasteiger partial charge in [0.05, 0.1) is 11.4 Å². The third kappa shape index (κ3) is 6.31. The lowest BCUT2D eigenvalue weighted by Gasteiger charge is -2.20. The van der Waals surface area contributed by atoms with Crippen LogP contribution in [0.1, 0.15) is 37.0 Å². The van der Waals surface area contributed by atoms with Gasteiger partial charge in [-0.1, -0.05) is 0 Å². The zero-order valence-corrected chi connectivity index (χ0v) is 18.3. The van der Waals surface area contributed by atoms with E-state index in [1.807, 2.05) is 17.8 Å². The number of imidazole rings is 1. The van der Waals surface area contributed by atoms with Gasteiger partial charge in [0.25, 0.3) is 5.91 Å². The van der Waals surface area contributed by atoms with Crippen LogP contribution in [0.25, 0.3) is 0 Å². The fourth-order valence-corrected chi connectivity index (χ4v) is 2.72. The highest BCUT2D eigenvalue weighted by Crippen LogP contribution is 2.25. The fourth-order valence-electron chi connectivity index (χ4n) is 2.72. The molecule has 1 aromatic heterocycles. The van der Waals surface area contributed by atoms with Crippen molar-refractivity contribution in [2.75, 3.05) is 10.6 Å². The molecule has 0 bridgehead atoms. The molecule has 0 saturated heterocycles. The normalized spacial score (nSPS) is 11.0. The monoisotopic (exact) mass is 440 g/mol. The predicted octanol–water partition coefficient (Wildman–Crippen LogP) is 4.74. The number of anilines is 2. The van der Waals surface area contributed by atoms with Crippen molar-refractivity contribution in [3.8, 4) is 5.75 Å². The SMILES string of the molecule is Cn1ccnc1COc1ccc(C(=O)Nc2cc(F)ccc2NC(=O)OC(C)(C)C)cc1. The van der Waals surface area contributed by atoms with Crippen molar-refractivity contribution < 1.29 is 23.5 Å². The Labute approximate surface area is 185 Å². The molecule has 0 saturated carbocycles. The number of ether oxygens (including phenoxy) is 2. The molecular formula is C23H25FN4O4. The third-order valence-electron chi connectivity index (χ3n) is 4.27. The van der Waals surface area contributed by atoms with Crippen molar-refractivity contribution in [2.24, 2.45) is 7.05 Å². The quantitative estimate of drug-likeness (QED) is 0.578. The number of aromatic nitrogens is 2. The molecule has 0 aliphatic carbocycles. The van der Waals surface area contributed by atoms with Crippen molar-refractivity contribution in [1.82, 2.24) is 9.55 Å². The molecule has 0 aliphatic rings. The smallest absolute Gasteiger partial charge is 0.412 e. The van der Waals surface area contributed by atoms with Crippen LogP contribution in [0.2, 0.25) is 0 Å². The lowest BCUT2D eigenvalue weighted by atomic mass is 10.2. The molecule has 168 valence electrons. The van der Waals surface area contributed by atoms with Crippen LogP contribution >= 0.6 is 0 Å². The summed E-state index contributed by atoms with van der Waals surface area (Å²) in [7, 11) is 1.87. The Morgan fingerprint density at radius 3 is 2.41 bits per heavy atom. The first-order valence-electron chi connectivity index (χ1n) is 9.91. The van der Waals surface area contributed by atoms with E-state index in [1.165, 1.54) is 12.1 Å². The van der Waals surface area contributed by atoms with Gasteiger partial charge in [-0.3, -0.25) is 10.1 Å². The lowest BCUT2D eigenvalue weighted by molar-refractivity contribution is 0.0635. The average molecular weight is 440 g/mol. The maximum atomic E-state index is 13.8. The van der Waals surface area contributed by atoms with Crippen molar-refractivity contribution in [3.05, 3.63) is 72.1 Å². The van der Waals surface area contributed by atoms with Crippen molar-refractivity contribution in [3.63, 3.8) is 0 Å². The van der Waals surface area contributed by atoms with Gasteiger partial charge in [-0.05, 0) is 63.2 Å². The zero-order chi connectivity index (χ0) is 23.3. The van der Waals surface area contributed by atoms with E-state index in [1.54, 1.807) is 51.2 Å². The number of nitrogens with one attached hydrogen (secondary N) is 2. The molecule has 0 atom stereocenters. The van der Waals surface area contributed by atoms with Crippen LogP contribution in [0.3, 0.4) is 0 Å². The van der Waals surface area contributed by atoms with E-state index < -0.39 is 23.4 Å². The maximum absolute atomic E-state index is 13.8. The summed E-state index contributed by atoms with van der Waals surface area (Å²) >= 11 is 0. The Bertz CT molecular complexity index is 1100. The van der Waals surface area contributed by atoms with E-state index in [9.17, 15) is 14.0 Å². The Morgan fingerprint density at radius 2 is 1.78 bits per heavy atom. The van der Waals surface area contributed by atoms with Crippen LogP contribution in [0.4, 0.5) is 20.6 Å². The first kappa shape index (κ1) is 22.8. The van der Waals surface area contributed by atoms with Crippen LogP contribution in [0, 0.1) is 5.82 Å². The van der Waals surface area contributed by atoms with Gasteiger partial charge in [-0.25, -0.2) is 14.2 Å². The van der Waals surface area contributed by atoms with Crippen LogP contribution in [0.15, 0.2) is 54.9 Å². The van der Waals surface area contributed by atoms with Gasteiger partial charge >= 0.3 is 6.09 Å². The second-order valence-corrected chi connectivity index (χ2v) is 8.04. The molecular weight excluding hydrogens is 415 g/mol. The summed E-state index contributed by atoms with van der Waals surface area (Å²) in [5.74, 6) is 0.303. The molecule has 0 fully saturated rings. The first-order chi connectivity index (χ1) is 15.1. The molecule has 0 radical (unpaired) electrons. The second-order valence-electron chi connectivity index (χ2n) is 8.04. The second kappa shape index (κ2) is 9.51. The molecule has 2 aromatic carbocycles. The van der Waals surface area contributed by atoms with Crippen LogP contribution in [-0.2, 0) is 18.4 Å². The largest absolute Gasteiger partial charge is 0.486 e. The number of hydrogen-bond acceptors (Lipinski definition) is 5. The van der Waals surface area contributed by atoms with Gasteiger partial charge in [0.15, 0.2) is 0 Å². The average Bonchev–Trinajstić information content (AvgIpc) is 3.12. The predicted molar refractivity (Wildman–Crippen MR) is 118 cm³/mol. The summed E-state index contributed by atoms with van der Waals surface area (Å²) in [5.41, 5.74) is -0.0463. The highest BCUT2D eigenvalue weighted by atomic mass is 19.1. The van der Waals surface area contributed by atoms with E-state index in [2.05, 4.69) is 15.6 Å². The number of amides is 2. The van der Waals surface area contributed by atoms with Crippen molar-refractivity contribution in [2.45, 2.75) is 33.0 Å². The summed E-state index contributed by atoms with van der Waals surface area (Å²) in [6.45, 7) is 5.47. The standard InChI is InChI=1S/C23H25FN4O4/c1-23(2,3)32-22(30)27-18-10-7-16(24)13-19(18)26-21(29)15-5-8-17(9-6-15)31-14-20-25-11-12-28(20)4/h5-13H,14H2,1-4H3,(H,26,29)(H,27,30). The van der Waals surface area contributed by atoms with Gasteiger partial charge in [0.2, 0.25) is 0 Å². The van der Waals surface area contributed by atoms with Gasteiger partial charge in [0.1, 0.15) is 29.6 Å². The van der Waals surface area contributed by atoms with Gasteiger partial charge < -0.3 is 19.4 Å². The molecule has 32 heavy (non-hydrogen) atoms. The number of nitrogens with zero attached hydrogens (tertiary/aromatic N) is 2. The Hall–Kier alpha value is -3.88. The van der Waals surface area contributed by atoms with E-state index >= 15 is 0 Å². The molecule has 0 spiro atoms. The van der Waals surface area contributed by atoms with E-state index in [-0.39, 0.29) is 18.0 Å². The van der Waals surface area contributed by atoms with E-state index in [0.29, 0.717) is 11.3 Å². The van der Waals surface area contributed by atoms with Crippen molar-refractivity contribution in [1.29, 1.82) is 0 Å². The number of rotatable bonds is 6.